The van der Waals surface area contributed by atoms with Crippen molar-refractivity contribution in [2.24, 2.45) is 0 Å². The second-order valence-corrected chi connectivity index (χ2v) is 14.2. The van der Waals surface area contributed by atoms with E-state index in [1.165, 1.54) is 25.3 Å². The van der Waals surface area contributed by atoms with E-state index in [0.717, 1.165) is 80.0 Å². The molecule has 1 amide bonds. The number of hydrogen-bond donors (Lipinski definition) is 1. The topological polar surface area (TPSA) is 93.4 Å². The summed E-state index contributed by atoms with van der Waals surface area (Å²) in [6, 6.07) is 18.1. The molecule has 1 N–H and O–H groups in total. The summed E-state index contributed by atoms with van der Waals surface area (Å²) in [6.45, 7) is 2.44. The highest BCUT2D eigenvalue weighted by molar-refractivity contribution is 7.23. The fourth-order valence-corrected chi connectivity index (χ4v) is 9.21. The Morgan fingerprint density at radius 1 is 1.02 bits per heavy atom. The Kier molecular flexibility index (Phi) is 7.42. The van der Waals surface area contributed by atoms with Crippen LogP contribution in [0, 0.1) is 18.6 Å². The number of benzene rings is 3. The lowest BCUT2D eigenvalue weighted by Crippen LogP contribution is -2.22. The average Bonchev–Trinajstić information content (AvgIpc) is 3.96. The van der Waals surface area contributed by atoms with Crippen LogP contribution in [-0.2, 0) is 19.3 Å². The third-order valence-corrected chi connectivity index (χ3v) is 11.5. The van der Waals surface area contributed by atoms with Gasteiger partial charge in [0.25, 0.3) is 5.91 Å². The number of aryl methyl sites for hydroxylation is 3. The van der Waals surface area contributed by atoms with Crippen molar-refractivity contribution in [1.82, 2.24) is 20.1 Å². The van der Waals surface area contributed by atoms with Gasteiger partial charge in [-0.3, -0.25) is 9.78 Å². The van der Waals surface area contributed by atoms with E-state index in [4.69, 9.17) is 14.1 Å². The molecule has 3 aromatic heterocycles. The number of carbonyl (C=O) groups is 1. The number of methoxy groups -OCH3 is 1. The van der Waals surface area contributed by atoms with Crippen molar-refractivity contribution in [3.8, 4) is 27.6 Å². The second kappa shape index (κ2) is 12.0. The van der Waals surface area contributed by atoms with Gasteiger partial charge in [-0.1, -0.05) is 30.3 Å². The van der Waals surface area contributed by atoms with E-state index in [9.17, 15) is 13.6 Å². The van der Waals surface area contributed by atoms with Crippen LogP contribution in [-0.4, -0.2) is 39.6 Å². The molecule has 1 aliphatic carbocycles. The number of amides is 1. The normalized spacial score (nSPS) is 17.8. The molecule has 1 fully saturated rings. The van der Waals surface area contributed by atoms with E-state index >= 15 is 0 Å². The van der Waals surface area contributed by atoms with Crippen LogP contribution in [0.4, 0.5) is 14.5 Å². The molecule has 50 heavy (non-hydrogen) atoms. The predicted octanol–water partition coefficient (Wildman–Crippen LogP) is 8.78. The van der Waals surface area contributed by atoms with Gasteiger partial charge in [0.05, 0.1) is 52.1 Å². The lowest BCUT2D eigenvalue weighted by molar-refractivity contribution is 0.0776. The van der Waals surface area contributed by atoms with Gasteiger partial charge in [-0.05, 0) is 85.4 Å². The van der Waals surface area contributed by atoms with Gasteiger partial charge < -0.3 is 19.4 Å². The summed E-state index contributed by atoms with van der Waals surface area (Å²) in [4.78, 5) is 22.3. The van der Waals surface area contributed by atoms with Crippen LogP contribution in [0.5, 0.6) is 5.75 Å². The molecule has 3 aliphatic rings. The van der Waals surface area contributed by atoms with Gasteiger partial charge >= 0.3 is 0 Å². The summed E-state index contributed by atoms with van der Waals surface area (Å²) < 4.78 is 40.8. The van der Waals surface area contributed by atoms with Crippen molar-refractivity contribution in [2.75, 3.05) is 19.0 Å². The third-order valence-electron chi connectivity index (χ3n) is 10.3. The number of ether oxygens (including phenoxy) is 1. The molecule has 3 aromatic carbocycles. The highest BCUT2D eigenvalue weighted by Gasteiger charge is 2.45. The summed E-state index contributed by atoms with van der Waals surface area (Å²) in [7, 11) is 1.51. The molecule has 0 bridgehead atoms. The predicted molar refractivity (Wildman–Crippen MR) is 188 cm³/mol. The fourth-order valence-electron chi connectivity index (χ4n) is 8.02. The van der Waals surface area contributed by atoms with Crippen LogP contribution in [0.25, 0.3) is 32.0 Å². The lowest BCUT2D eigenvalue weighted by Gasteiger charge is -2.17. The standard InChI is InChI=1S/C39H33F2N5O3S/c1-20-44-45-38(49-20)32-28(16-10-21-8-11-23(40)12-9-21)43-35-30-7-4-18-46(30)39(47)34(35)33(32)31-19-22-5-3-6-29(37(22)50-31)42-27-17-14-25-24(27)13-15-26(41)36(25)48-2/h3,5-6,8-9,11-13,15,19,27,30,42H,4,7,10,14,16-18H2,1-2H3/t27-,30-/m1/s1. The molecule has 0 spiro atoms. The molecule has 2 atom stereocenters. The van der Waals surface area contributed by atoms with Gasteiger partial charge in [0.1, 0.15) is 5.82 Å². The van der Waals surface area contributed by atoms with Crippen LogP contribution in [0.3, 0.4) is 0 Å². The summed E-state index contributed by atoms with van der Waals surface area (Å²) >= 11 is 1.61. The molecule has 9 rings (SSSR count). The number of thiophene rings is 1. The van der Waals surface area contributed by atoms with Crippen LogP contribution in [0.15, 0.2) is 65.1 Å². The van der Waals surface area contributed by atoms with Gasteiger partial charge in [0, 0.05) is 29.5 Å². The minimum Gasteiger partial charge on any atom is -0.493 e. The Morgan fingerprint density at radius 3 is 2.68 bits per heavy atom. The average molecular weight is 690 g/mol. The van der Waals surface area contributed by atoms with Crippen molar-refractivity contribution in [3.05, 3.63) is 112 Å². The maximum Gasteiger partial charge on any atom is 0.257 e. The molecule has 0 radical (unpaired) electrons. The summed E-state index contributed by atoms with van der Waals surface area (Å²) in [6.07, 6.45) is 4.47. The van der Waals surface area contributed by atoms with E-state index < -0.39 is 0 Å². The number of hydrogen-bond acceptors (Lipinski definition) is 8. The maximum absolute atomic E-state index is 14.5. The number of aromatic nitrogens is 3. The molecule has 5 heterocycles. The van der Waals surface area contributed by atoms with Crippen molar-refractivity contribution in [1.29, 1.82) is 0 Å². The summed E-state index contributed by atoms with van der Waals surface area (Å²) in [5, 5.41) is 13.4. The zero-order valence-electron chi connectivity index (χ0n) is 27.6. The molecule has 1 saturated heterocycles. The number of carbonyl (C=O) groups excluding carboxylic acids is 1. The first kappa shape index (κ1) is 30.9. The first-order valence-electron chi connectivity index (χ1n) is 17.0. The molecule has 8 nitrogen and oxygen atoms in total. The number of fused-ring (bicyclic) bond motifs is 5. The number of rotatable bonds is 8. The fraction of sp³-hybridized carbons (Fsp3) is 0.282. The molecular formula is C39H33F2N5O3S. The summed E-state index contributed by atoms with van der Waals surface area (Å²) in [5.41, 5.74) is 7.50. The summed E-state index contributed by atoms with van der Waals surface area (Å²) in [5.74, 6) is 0.408. The number of anilines is 1. The van der Waals surface area contributed by atoms with Crippen LogP contribution < -0.4 is 10.1 Å². The Hall–Kier alpha value is -5.16. The smallest absolute Gasteiger partial charge is 0.257 e. The Bertz CT molecular complexity index is 2320. The molecule has 11 heteroatoms. The first-order chi connectivity index (χ1) is 24.4. The van der Waals surface area contributed by atoms with Gasteiger partial charge in [0.2, 0.25) is 11.8 Å². The first-order valence-corrected chi connectivity index (χ1v) is 17.8. The van der Waals surface area contributed by atoms with Crippen molar-refractivity contribution >= 4 is 33.0 Å². The van der Waals surface area contributed by atoms with Crippen molar-refractivity contribution in [3.63, 3.8) is 0 Å². The van der Waals surface area contributed by atoms with Crippen LogP contribution in [0.2, 0.25) is 0 Å². The molecule has 0 unspecified atom stereocenters. The number of nitrogens with zero attached hydrogens (tertiary/aromatic N) is 4. The quantitative estimate of drug-likeness (QED) is 0.171. The largest absolute Gasteiger partial charge is 0.493 e. The van der Waals surface area contributed by atoms with Gasteiger partial charge in [-0.25, -0.2) is 8.78 Å². The monoisotopic (exact) mass is 689 g/mol. The van der Waals surface area contributed by atoms with E-state index in [2.05, 4.69) is 33.7 Å². The minimum atomic E-state index is -0.346. The highest BCUT2D eigenvalue weighted by Crippen LogP contribution is 2.51. The number of halogens is 2. The molecular weight excluding hydrogens is 657 g/mol. The molecule has 252 valence electrons. The zero-order valence-corrected chi connectivity index (χ0v) is 28.4. The lowest BCUT2D eigenvalue weighted by atomic mass is 9.93. The SMILES string of the molecule is COc1c(F)ccc2c1CC[C@H]2Nc1cccc2cc(-c3c4c(nc(CCc5ccc(F)cc5)c3-c3nnc(C)o3)[C@H]3CCCN3C4=O)sc12. The van der Waals surface area contributed by atoms with Gasteiger partial charge in [-0.15, -0.1) is 21.5 Å². The van der Waals surface area contributed by atoms with E-state index in [1.54, 1.807) is 30.4 Å². The van der Waals surface area contributed by atoms with Crippen molar-refractivity contribution < 1.29 is 22.7 Å². The Labute approximate surface area is 291 Å². The zero-order chi connectivity index (χ0) is 34.1. The van der Waals surface area contributed by atoms with E-state index in [0.29, 0.717) is 48.0 Å². The van der Waals surface area contributed by atoms with E-state index in [1.807, 2.05) is 17.0 Å². The van der Waals surface area contributed by atoms with Gasteiger partial charge in [0.15, 0.2) is 11.6 Å². The number of pyridine rings is 1. The van der Waals surface area contributed by atoms with Crippen LogP contribution in [0.1, 0.15) is 75.7 Å². The van der Waals surface area contributed by atoms with Gasteiger partial charge in [-0.2, -0.15) is 0 Å². The highest BCUT2D eigenvalue weighted by atomic mass is 32.1. The Morgan fingerprint density at radius 2 is 1.88 bits per heavy atom. The maximum atomic E-state index is 14.5. The minimum absolute atomic E-state index is 0.00966. The van der Waals surface area contributed by atoms with Crippen molar-refractivity contribution in [2.45, 2.75) is 57.5 Å². The Balaban J connectivity index is 1.20. The van der Waals surface area contributed by atoms with Crippen LogP contribution >= 0.6 is 11.3 Å². The number of nitrogens with one attached hydrogen (secondary N) is 1. The second-order valence-electron chi connectivity index (χ2n) is 13.2. The molecule has 2 aliphatic heterocycles. The third kappa shape index (κ3) is 4.97. The van der Waals surface area contributed by atoms with E-state index in [-0.39, 0.29) is 29.6 Å². The molecule has 0 saturated carbocycles. The molecule has 6 aromatic rings.